The topological polar surface area (TPSA) is 0 Å². The number of allylic oxidation sites excluding steroid dienone is 2. The Morgan fingerprint density at radius 2 is 1.85 bits per heavy atom. The molecular formula is C26H44. The van der Waals surface area contributed by atoms with Crippen LogP contribution in [0.3, 0.4) is 0 Å². The molecular weight excluding hydrogens is 312 g/mol. The molecule has 0 nitrogen and oxygen atoms in total. The summed E-state index contributed by atoms with van der Waals surface area (Å²) in [7, 11) is 0. The molecule has 4 rings (SSSR count). The third-order valence-electron chi connectivity index (χ3n) is 9.57. The van der Waals surface area contributed by atoms with E-state index in [4.69, 9.17) is 0 Å². The van der Waals surface area contributed by atoms with Crippen molar-refractivity contribution in [2.45, 2.75) is 105 Å². The third kappa shape index (κ3) is 3.33. The lowest BCUT2D eigenvalue weighted by Crippen LogP contribution is -2.46. The van der Waals surface area contributed by atoms with Crippen molar-refractivity contribution in [1.29, 1.82) is 0 Å². The molecule has 0 bridgehead atoms. The van der Waals surface area contributed by atoms with Gasteiger partial charge in [0.15, 0.2) is 0 Å². The van der Waals surface area contributed by atoms with E-state index in [0.29, 0.717) is 5.41 Å². The highest BCUT2D eigenvalue weighted by Gasteiger charge is 2.56. The van der Waals surface area contributed by atoms with Crippen molar-refractivity contribution in [2.24, 2.45) is 46.8 Å². The summed E-state index contributed by atoms with van der Waals surface area (Å²) in [6.07, 6.45) is 20.6. The molecule has 26 heavy (non-hydrogen) atoms. The van der Waals surface area contributed by atoms with E-state index in [2.05, 4.69) is 33.8 Å². The summed E-state index contributed by atoms with van der Waals surface area (Å²) in [5.41, 5.74) is 2.55. The van der Waals surface area contributed by atoms with Crippen LogP contribution >= 0.6 is 0 Å². The molecule has 0 heterocycles. The molecule has 3 saturated carbocycles. The van der Waals surface area contributed by atoms with Crippen molar-refractivity contribution >= 4 is 0 Å². The average molecular weight is 357 g/mol. The fraction of sp³-hybridized carbons (Fsp3) is 0.923. The van der Waals surface area contributed by atoms with Gasteiger partial charge in [-0.15, -0.1) is 0 Å². The number of hydrogen-bond donors (Lipinski definition) is 0. The first-order chi connectivity index (χ1) is 12.5. The van der Waals surface area contributed by atoms with E-state index >= 15 is 0 Å². The molecule has 0 aliphatic heterocycles. The molecule has 0 saturated heterocycles. The second kappa shape index (κ2) is 7.63. The Morgan fingerprint density at radius 3 is 2.65 bits per heavy atom. The van der Waals surface area contributed by atoms with Gasteiger partial charge in [0.1, 0.15) is 0 Å². The Morgan fingerprint density at radius 1 is 1.00 bits per heavy atom. The van der Waals surface area contributed by atoms with Crippen LogP contribution in [0.4, 0.5) is 0 Å². The minimum atomic E-state index is 0.665. The van der Waals surface area contributed by atoms with E-state index in [-0.39, 0.29) is 0 Å². The maximum absolute atomic E-state index is 2.73. The van der Waals surface area contributed by atoms with Gasteiger partial charge in [-0.3, -0.25) is 0 Å². The van der Waals surface area contributed by atoms with E-state index in [9.17, 15) is 0 Å². The normalized spacial score (nSPS) is 43.4. The van der Waals surface area contributed by atoms with Gasteiger partial charge in [-0.2, -0.15) is 0 Å². The lowest BCUT2D eigenvalue weighted by Gasteiger charge is -2.54. The molecule has 0 N–H and O–H groups in total. The van der Waals surface area contributed by atoms with Gasteiger partial charge in [0.05, 0.1) is 0 Å². The van der Waals surface area contributed by atoms with E-state index < -0.39 is 0 Å². The van der Waals surface area contributed by atoms with Crippen LogP contribution in [0, 0.1) is 46.8 Å². The largest absolute Gasteiger partial charge is 0.0847 e. The molecule has 4 aliphatic rings. The highest BCUT2D eigenvalue weighted by Crippen LogP contribution is 2.64. The summed E-state index contributed by atoms with van der Waals surface area (Å²) in [5, 5.41) is 0. The van der Waals surface area contributed by atoms with E-state index in [1.165, 1.54) is 57.8 Å². The van der Waals surface area contributed by atoms with Crippen LogP contribution in [-0.4, -0.2) is 0 Å². The van der Waals surface area contributed by atoms with Crippen LogP contribution in [0.25, 0.3) is 0 Å². The standard InChI is InChI=1S/C26H44/c1-18(2)8-7-9-19(3)24-14-15-25-23-13-12-20-10-5-6-11-21(20)22(23)16-17-26(24,25)4/h12,18-19,21-25H,5-11,13-17H2,1-4H3/t19-,21?,22?,23?,24-,25+,26-/m1/s1. The van der Waals surface area contributed by atoms with Crippen LogP contribution < -0.4 is 0 Å². The second-order valence-electron chi connectivity index (χ2n) is 11.3. The van der Waals surface area contributed by atoms with Gasteiger partial charge in [0.25, 0.3) is 0 Å². The van der Waals surface area contributed by atoms with Gasteiger partial charge in [-0.25, -0.2) is 0 Å². The molecule has 0 radical (unpaired) electrons. The number of fused-ring (bicyclic) bond motifs is 5. The lowest BCUT2D eigenvalue weighted by atomic mass is 9.51. The van der Waals surface area contributed by atoms with Crippen LogP contribution in [0.15, 0.2) is 11.6 Å². The van der Waals surface area contributed by atoms with Crippen molar-refractivity contribution in [3.8, 4) is 0 Å². The van der Waals surface area contributed by atoms with Crippen molar-refractivity contribution in [2.75, 3.05) is 0 Å². The minimum Gasteiger partial charge on any atom is -0.0847 e. The highest BCUT2D eigenvalue weighted by molar-refractivity contribution is 5.19. The Bertz CT molecular complexity index is 514. The van der Waals surface area contributed by atoms with Gasteiger partial charge >= 0.3 is 0 Å². The Hall–Kier alpha value is -0.260. The number of hydrogen-bond acceptors (Lipinski definition) is 0. The second-order valence-corrected chi connectivity index (χ2v) is 11.3. The summed E-state index contributed by atoms with van der Waals surface area (Å²) in [5.74, 6) is 6.97. The molecule has 148 valence electrons. The molecule has 4 aliphatic carbocycles. The van der Waals surface area contributed by atoms with Gasteiger partial charge in [-0.1, -0.05) is 65.0 Å². The fourth-order valence-electron chi connectivity index (χ4n) is 8.27. The van der Waals surface area contributed by atoms with Gasteiger partial charge in [-0.05, 0) is 98.2 Å². The molecule has 0 amide bonds. The first-order valence-corrected chi connectivity index (χ1v) is 12.2. The van der Waals surface area contributed by atoms with E-state index in [0.717, 1.165) is 41.4 Å². The summed E-state index contributed by atoms with van der Waals surface area (Å²) in [6.45, 7) is 10.1. The highest BCUT2D eigenvalue weighted by atomic mass is 14.6. The average Bonchev–Trinajstić information content (AvgIpc) is 2.98. The Kier molecular flexibility index (Phi) is 5.60. The van der Waals surface area contributed by atoms with Crippen molar-refractivity contribution in [3.63, 3.8) is 0 Å². The van der Waals surface area contributed by atoms with Crippen LogP contribution in [0.1, 0.15) is 105 Å². The van der Waals surface area contributed by atoms with Crippen LogP contribution in [0.5, 0.6) is 0 Å². The quantitative estimate of drug-likeness (QED) is 0.437. The molecule has 0 aromatic rings. The summed E-state index contributed by atoms with van der Waals surface area (Å²) in [4.78, 5) is 0. The zero-order valence-electron chi connectivity index (χ0n) is 18.1. The number of rotatable bonds is 5. The van der Waals surface area contributed by atoms with E-state index in [1.807, 2.05) is 5.57 Å². The minimum absolute atomic E-state index is 0.665. The molecule has 7 atom stereocenters. The van der Waals surface area contributed by atoms with Crippen molar-refractivity contribution in [3.05, 3.63) is 11.6 Å². The third-order valence-corrected chi connectivity index (χ3v) is 9.57. The molecule has 3 fully saturated rings. The molecule has 3 unspecified atom stereocenters. The molecule has 0 aromatic carbocycles. The maximum atomic E-state index is 2.73. The SMILES string of the molecule is CC(C)CCC[C@@H](C)[C@H]1CC[C@H]2C3CC=C4CCCCC4C3CC[C@]12C. The monoisotopic (exact) mass is 356 g/mol. The first-order valence-electron chi connectivity index (χ1n) is 12.2. The van der Waals surface area contributed by atoms with Crippen molar-refractivity contribution in [1.82, 2.24) is 0 Å². The maximum Gasteiger partial charge on any atom is -0.0172 e. The zero-order valence-corrected chi connectivity index (χ0v) is 18.1. The first kappa shape index (κ1) is 19.1. The van der Waals surface area contributed by atoms with Crippen LogP contribution in [-0.2, 0) is 0 Å². The van der Waals surface area contributed by atoms with Crippen molar-refractivity contribution < 1.29 is 0 Å². The van der Waals surface area contributed by atoms with Crippen LogP contribution in [0.2, 0.25) is 0 Å². The fourth-order valence-corrected chi connectivity index (χ4v) is 8.27. The van der Waals surface area contributed by atoms with Gasteiger partial charge in [0, 0.05) is 0 Å². The predicted molar refractivity (Wildman–Crippen MR) is 113 cm³/mol. The lowest BCUT2D eigenvalue weighted by molar-refractivity contribution is -0.0247. The van der Waals surface area contributed by atoms with Gasteiger partial charge < -0.3 is 0 Å². The summed E-state index contributed by atoms with van der Waals surface area (Å²) in [6, 6.07) is 0. The van der Waals surface area contributed by atoms with E-state index in [1.54, 1.807) is 19.3 Å². The summed E-state index contributed by atoms with van der Waals surface area (Å²) < 4.78 is 0. The smallest absolute Gasteiger partial charge is 0.0172 e. The molecule has 0 heteroatoms. The predicted octanol–water partition coefficient (Wildman–Crippen LogP) is 8.03. The summed E-state index contributed by atoms with van der Waals surface area (Å²) >= 11 is 0. The van der Waals surface area contributed by atoms with Gasteiger partial charge in [0.2, 0.25) is 0 Å². The molecule has 0 spiro atoms. The Labute approximate surface area is 163 Å². The molecule has 0 aromatic heterocycles. The zero-order chi connectivity index (χ0) is 18.3. The Balaban J connectivity index is 1.45.